The van der Waals surface area contributed by atoms with Crippen molar-refractivity contribution in [3.8, 4) is 17.3 Å². The molecule has 10 heteroatoms. The van der Waals surface area contributed by atoms with Gasteiger partial charge in [-0.3, -0.25) is 9.59 Å². The molecular formula is C37H39N7O3. The Morgan fingerprint density at radius 3 is 2.40 bits per heavy atom. The molecule has 9 rings (SSSR count). The Morgan fingerprint density at radius 2 is 1.68 bits per heavy atom. The summed E-state index contributed by atoms with van der Waals surface area (Å²) in [6, 6.07) is 19.7. The molecule has 2 bridgehead atoms. The van der Waals surface area contributed by atoms with Gasteiger partial charge in [0.1, 0.15) is 16.9 Å². The number of nitrogens with zero attached hydrogens (tertiary/aromatic N) is 6. The molecule has 3 aromatic heterocycles. The maximum absolute atomic E-state index is 13.9. The van der Waals surface area contributed by atoms with E-state index >= 15 is 0 Å². The third kappa shape index (κ3) is 4.72. The second-order valence-corrected chi connectivity index (χ2v) is 14.0. The van der Waals surface area contributed by atoms with Crippen LogP contribution in [0.1, 0.15) is 46.4 Å². The van der Waals surface area contributed by atoms with E-state index in [0.717, 1.165) is 53.0 Å². The Morgan fingerprint density at radius 1 is 0.872 bits per heavy atom. The molecule has 2 aliphatic carbocycles. The van der Waals surface area contributed by atoms with Gasteiger partial charge in [0.05, 0.1) is 18.3 Å². The highest BCUT2D eigenvalue weighted by molar-refractivity contribution is 6.00. The van der Waals surface area contributed by atoms with Crippen LogP contribution in [0.3, 0.4) is 0 Å². The van der Waals surface area contributed by atoms with Gasteiger partial charge in [0.25, 0.3) is 11.8 Å². The van der Waals surface area contributed by atoms with Crippen molar-refractivity contribution in [3.63, 3.8) is 0 Å². The third-order valence-electron chi connectivity index (χ3n) is 10.9. The highest BCUT2D eigenvalue weighted by Gasteiger charge is 2.47. The van der Waals surface area contributed by atoms with E-state index < -0.39 is 0 Å². The number of piperidine rings is 1. The fraction of sp³-hybridized carbons (Fsp3) is 0.405. The summed E-state index contributed by atoms with van der Waals surface area (Å²) in [6.45, 7) is 3.59. The number of fused-ring (bicyclic) bond motifs is 4. The number of amides is 2. The van der Waals surface area contributed by atoms with Crippen LogP contribution in [0.2, 0.25) is 0 Å². The molecule has 2 amide bonds. The minimum atomic E-state index is -0.00921. The molecule has 2 N–H and O–H groups in total. The molecule has 5 heterocycles. The molecule has 2 saturated heterocycles. The number of benzene rings is 2. The molecule has 0 unspecified atom stereocenters. The summed E-state index contributed by atoms with van der Waals surface area (Å²) in [5.74, 6) is 2.75. The number of hydrogen-bond donors (Lipinski definition) is 1. The molecule has 2 aromatic carbocycles. The highest BCUT2D eigenvalue weighted by Crippen LogP contribution is 2.41. The summed E-state index contributed by atoms with van der Waals surface area (Å²) < 4.78 is 10.6. The number of hydrogen-bond acceptors (Lipinski definition) is 6. The number of rotatable bonds is 8. The predicted octanol–water partition coefficient (Wildman–Crippen LogP) is 4.81. The van der Waals surface area contributed by atoms with Crippen LogP contribution in [0, 0.1) is 17.8 Å². The Labute approximate surface area is 273 Å². The highest BCUT2D eigenvalue weighted by atomic mass is 16.5. The number of nitrogens with two attached hydrogens (primary N) is 1. The zero-order valence-electron chi connectivity index (χ0n) is 26.6. The van der Waals surface area contributed by atoms with Gasteiger partial charge in [-0.05, 0) is 80.0 Å². The Bertz CT molecular complexity index is 2020. The first-order valence-corrected chi connectivity index (χ1v) is 16.9. The number of methoxy groups -OCH3 is 1. The third-order valence-corrected chi connectivity index (χ3v) is 10.9. The monoisotopic (exact) mass is 629 g/mol. The average Bonchev–Trinajstić information content (AvgIpc) is 3.44. The molecule has 0 spiro atoms. The van der Waals surface area contributed by atoms with Crippen LogP contribution in [-0.4, -0.2) is 79.5 Å². The van der Waals surface area contributed by atoms with Crippen LogP contribution in [0.5, 0.6) is 5.75 Å². The summed E-state index contributed by atoms with van der Waals surface area (Å²) in [6.07, 6.45) is 6.34. The topological polar surface area (TPSA) is 112 Å². The van der Waals surface area contributed by atoms with E-state index in [4.69, 9.17) is 20.4 Å². The first-order valence-electron chi connectivity index (χ1n) is 16.9. The molecule has 0 radical (unpaired) electrons. The van der Waals surface area contributed by atoms with E-state index in [1.54, 1.807) is 7.11 Å². The van der Waals surface area contributed by atoms with Crippen molar-refractivity contribution in [1.29, 1.82) is 0 Å². The number of imidazole rings is 1. The second kappa shape index (κ2) is 10.9. The molecule has 2 aliphatic heterocycles. The number of likely N-dealkylation sites (tertiary alicyclic amines) is 2. The lowest BCUT2D eigenvalue weighted by Gasteiger charge is -2.39. The van der Waals surface area contributed by atoms with Crippen LogP contribution in [-0.2, 0) is 13.1 Å². The fourth-order valence-corrected chi connectivity index (χ4v) is 8.22. The largest absolute Gasteiger partial charge is 0.494 e. The molecule has 5 aromatic rings. The summed E-state index contributed by atoms with van der Waals surface area (Å²) in [7, 11) is 1.66. The van der Waals surface area contributed by atoms with Gasteiger partial charge in [0.2, 0.25) is 0 Å². The van der Waals surface area contributed by atoms with E-state index in [0.29, 0.717) is 54.9 Å². The van der Waals surface area contributed by atoms with Crippen molar-refractivity contribution in [2.75, 3.05) is 26.7 Å². The second-order valence-electron chi connectivity index (χ2n) is 14.0. The lowest BCUT2D eigenvalue weighted by Crippen LogP contribution is -2.51. The maximum atomic E-state index is 13.9. The number of ether oxygens (including phenoxy) is 1. The van der Waals surface area contributed by atoms with E-state index in [1.165, 1.54) is 12.8 Å². The van der Waals surface area contributed by atoms with Crippen molar-refractivity contribution in [2.24, 2.45) is 23.5 Å². The summed E-state index contributed by atoms with van der Waals surface area (Å²) in [5, 5.41) is 1.08. The van der Waals surface area contributed by atoms with Crippen molar-refractivity contribution in [2.45, 2.75) is 50.9 Å². The maximum Gasteiger partial charge on any atom is 0.254 e. The normalized spacial score (nSPS) is 22.4. The van der Waals surface area contributed by atoms with Gasteiger partial charge < -0.3 is 29.4 Å². The molecule has 240 valence electrons. The van der Waals surface area contributed by atoms with Crippen LogP contribution >= 0.6 is 0 Å². The van der Waals surface area contributed by atoms with Crippen molar-refractivity contribution < 1.29 is 14.3 Å². The molecule has 3 atom stereocenters. The van der Waals surface area contributed by atoms with Gasteiger partial charge >= 0.3 is 0 Å². The Kier molecular flexibility index (Phi) is 6.64. The van der Waals surface area contributed by atoms with E-state index in [-0.39, 0.29) is 29.8 Å². The van der Waals surface area contributed by atoms with Gasteiger partial charge in [-0.25, -0.2) is 9.97 Å². The van der Waals surface area contributed by atoms with E-state index in [9.17, 15) is 9.59 Å². The summed E-state index contributed by atoms with van der Waals surface area (Å²) in [4.78, 5) is 41.0. The average molecular weight is 630 g/mol. The number of carbonyl (C=O) groups excluding carboxylic acids is 2. The van der Waals surface area contributed by atoms with Crippen LogP contribution < -0.4 is 10.5 Å². The first kappa shape index (κ1) is 28.5. The Hall–Kier alpha value is -4.70. The predicted molar refractivity (Wildman–Crippen MR) is 179 cm³/mol. The van der Waals surface area contributed by atoms with Gasteiger partial charge in [0.15, 0.2) is 5.82 Å². The number of carbonyl (C=O) groups is 2. The van der Waals surface area contributed by atoms with Gasteiger partial charge in [-0.1, -0.05) is 18.2 Å². The van der Waals surface area contributed by atoms with Crippen LogP contribution in [0.25, 0.3) is 33.6 Å². The van der Waals surface area contributed by atoms with Crippen LogP contribution in [0.15, 0.2) is 66.9 Å². The van der Waals surface area contributed by atoms with Crippen molar-refractivity contribution in [1.82, 2.24) is 28.9 Å². The van der Waals surface area contributed by atoms with Gasteiger partial charge in [0, 0.05) is 73.4 Å². The van der Waals surface area contributed by atoms with Gasteiger partial charge in [-0.15, -0.1) is 0 Å². The lowest BCUT2D eigenvalue weighted by molar-refractivity contribution is 0.0471. The molecular weight excluding hydrogens is 590 g/mol. The standard InChI is InChI=1S/C37H39N7O3/c1-47-31-16-27(37(46)43-21-26-11-12-29(43)32(26)38)14-28-33(31)44(20-23-17-41(18-23)36(45)24-6-3-2-4-7-24)35(40-28)30-15-25-8-5-13-39-34(25)42(30)19-22-9-10-22/h2-8,13-16,22-23,26,29,32H,9-12,17-21,38H2,1H3/t26-,29-,32-/m1/s1. The fourth-order valence-electron chi connectivity index (χ4n) is 8.22. The minimum absolute atomic E-state index is 0.00921. The summed E-state index contributed by atoms with van der Waals surface area (Å²) >= 11 is 0. The first-order chi connectivity index (χ1) is 23.0. The minimum Gasteiger partial charge on any atom is -0.494 e. The molecule has 4 fully saturated rings. The smallest absolute Gasteiger partial charge is 0.254 e. The van der Waals surface area contributed by atoms with E-state index in [2.05, 4.69) is 21.3 Å². The zero-order valence-corrected chi connectivity index (χ0v) is 26.6. The molecule has 4 aliphatic rings. The summed E-state index contributed by atoms with van der Waals surface area (Å²) in [5.41, 5.74) is 11.3. The van der Waals surface area contributed by atoms with Crippen LogP contribution in [0.4, 0.5) is 0 Å². The molecule has 10 nitrogen and oxygen atoms in total. The van der Waals surface area contributed by atoms with Gasteiger partial charge in [-0.2, -0.15) is 0 Å². The zero-order chi connectivity index (χ0) is 31.8. The molecule has 2 saturated carbocycles. The SMILES string of the molecule is COc1cc(C(=O)N2C[C@H]3CC[C@@H]2[C@@H]3N)cc2nc(-c3cc4cccnc4n3CC3CC3)n(CC3CN(C(=O)c4ccccc4)C3)c12. The number of pyridine rings is 1. The van der Waals surface area contributed by atoms with Crippen molar-refractivity contribution >= 4 is 33.9 Å². The number of aromatic nitrogens is 4. The molecule has 47 heavy (non-hydrogen) atoms. The van der Waals surface area contributed by atoms with Crippen molar-refractivity contribution in [3.05, 3.63) is 78.0 Å². The van der Waals surface area contributed by atoms with E-state index in [1.807, 2.05) is 64.5 Å². The lowest BCUT2D eigenvalue weighted by atomic mass is 9.98. The Balaban J connectivity index is 1.13. The quantitative estimate of drug-likeness (QED) is 0.264.